The zero-order valence-corrected chi connectivity index (χ0v) is 11.4. The fourth-order valence-electron chi connectivity index (χ4n) is 2.01. The summed E-state index contributed by atoms with van der Waals surface area (Å²) in [7, 11) is 0. The van der Waals surface area contributed by atoms with Gasteiger partial charge in [0, 0.05) is 6.20 Å². The van der Waals surface area contributed by atoms with Gasteiger partial charge in [0.15, 0.2) is 0 Å². The summed E-state index contributed by atoms with van der Waals surface area (Å²) in [6.07, 6.45) is 7.12. The minimum Gasteiger partial charge on any atom is -0.496 e. The lowest BCUT2D eigenvalue weighted by Gasteiger charge is -2.25. The molecule has 0 spiro atoms. The van der Waals surface area contributed by atoms with E-state index in [0.29, 0.717) is 5.02 Å². The first-order chi connectivity index (χ1) is 8.83. The number of rotatable bonds is 5. The van der Waals surface area contributed by atoms with Crippen LogP contribution in [0.2, 0.25) is 5.02 Å². The summed E-state index contributed by atoms with van der Waals surface area (Å²) in [5, 5.41) is 4.14. The molecule has 1 unspecified atom stereocenters. The summed E-state index contributed by atoms with van der Waals surface area (Å²) >= 11 is 6.23. The Labute approximate surface area is 113 Å². The number of ether oxygens (including phenoxy) is 1. The zero-order valence-electron chi connectivity index (χ0n) is 10.7. The lowest BCUT2D eigenvalue weighted by Crippen LogP contribution is -2.27. The van der Waals surface area contributed by atoms with Crippen LogP contribution in [0.25, 0.3) is 0 Å². The first kappa shape index (κ1) is 13.4. The second-order valence-electron chi connectivity index (χ2n) is 4.35. The van der Waals surface area contributed by atoms with Gasteiger partial charge in [0.05, 0.1) is 17.3 Å². The molecular formula is C14H19ClN2O. The van der Waals surface area contributed by atoms with Gasteiger partial charge in [-0.15, -0.1) is 0 Å². The van der Waals surface area contributed by atoms with Crippen molar-refractivity contribution in [3.8, 4) is 0 Å². The van der Waals surface area contributed by atoms with E-state index in [-0.39, 0.29) is 6.04 Å². The molecule has 1 aromatic rings. The summed E-state index contributed by atoms with van der Waals surface area (Å²) < 4.78 is 5.75. The second kappa shape index (κ2) is 6.76. The molecule has 2 rings (SSSR count). The third-order valence-electron chi connectivity index (χ3n) is 2.91. The minimum absolute atomic E-state index is 0.0288. The average Bonchev–Trinajstić information content (AvgIpc) is 2.42. The summed E-state index contributed by atoms with van der Waals surface area (Å²) in [5.74, 6) is 0.954. The molecule has 1 aliphatic heterocycles. The summed E-state index contributed by atoms with van der Waals surface area (Å²) in [4.78, 5) is 4.39. The van der Waals surface area contributed by atoms with E-state index in [1.165, 1.54) is 0 Å². The van der Waals surface area contributed by atoms with Gasteiger partial charge in [-0.05, 0) is 44.0 Å². The number of hydrogen-bond acceptors (Lipinski definition) is 3. The number of hydrogen-bond donors (Lipinski definition) is 1. The largest absolute Gasteiger partial charge is 0.496 e. The van der Waals surface area contributed by atoms with Crippen molar-refractivity contribution in [2.75, 3.05) is 13.2 Å². The van der Waals surface area contributed by atoms with Crippen molar-refractivity contribution in [2.24, 2.45) is 0 Å². The van der Waals surface area contributed by atoms with Crippen LogP contribution < -0.4 is 5.32 Å². The molecule has 0 aliphatic carbocycles. The van der Waals surface area contributed by atoms with Gasteiger partial charge in [-0.3, -0.25) is 4.98 Å². The summed E-state index contributed by atoms with van der Waals surface area (Å²) in [6.45, 7) is 3.83. The molecule has 0 bridgehead atoms. The van der Waals surface area contributed by atoms with E-state index in [1.807, 2.05) is 12.1 Å². The van der Waals surface area contributed by atoms with Crippen molar-refractivity contribution >= 4 is 11.6 Å². The number of nitrogens with zero attached hydrogens (tertiary/aromatic N) is 1. The van der Waals surface area contributed by atoms with Gasteiger partial charge in [-0.2, -0.15) is 0 Å². The second-order valence-corrected chi connectivity index (χ2v) is 4.76. The van der Waals surface area contributed by atoms with E-state index in [9.17, 15) is 0 Å². The van der Waals surface area contributed by atoms with Gasteiger partial charge in [0.25, 0.3) is 0 Å². The minimum atomic E-state index is -0.0288. The van der Waals surface area contributed by atoms with Crippen LogP contribution in [-0.2, 0) is 4.74 Å². The summed E-state index contributed by atoms with van der Waals surface area (Å²) in [6, 6.07) is 3.69. The van der Waals surface area contributed by atoms with Gasteiger partial charge < -0.3 is 10.1 Å². The fourth-order valence-corrected chi connectivity index (χ4v) is 2.24. The van der Waals surface area contributed by atoms with Gasteiger partial charge in [0.1, 0.15) is 11.8 Å². The Morgan fingerprint density at radius 1 is 1.56 bits per heavy atom. The standard InChI is InChI=1S/C14H19ClN2O/c1-2-8-16-14(12-7-3-4-10-18-12)13-11(15)6-5-9-17-13/h5-7,9,14,16H,2-4,8,10H2,1H3. The maximum Gasteiger partial charge on any atom is 0.115 e. The van der Waals surface area contributed by atoms with E-state index in [4.69, 9.17) is 16.3 Å². The molecule has 1 aromatic heterocycles. The lowest BCUT2D eigenvalue weighted by atomic mass is 10.1. The van der Waals surface area contributed by atoms with Crippen LogP contribution in [0.4, 0.5) is 0 Å². The molecule has 0 amide bonds. The Balaban J connectivity index is 2.24. The van der Waals surface area contributed by atoms with Crippen molar-refractivity contribution < 1.29 is 4.74 Å². The van der Waals surface area contributed by atoms with Crippen molar-refractivity contribution in [2.45, 2.75) is 32.2 Å². The van der Waals surface area contributed by atoms with Gasteiger partial charge in [0.2, 0.25) is 0 Å². The van der Waals surface area contributed by atoms with E-state index >= 15 is 0 Å². The van der Waals surface area contributed by atoms with Crippen molar-refractivity contribution in [1.29, 1.82) is 0 Å². The predicted molar refractivity (Wildman–Crippen MR) is 73.6 cm³/mol. The highest BCUT2D eigenvalue weighted by molar-refractivity contribution is 6.31. The van der Waals surface area contributed by atoms with Crippen molar-refractivity contribution in [3.05, 3.63) is 40.9 Å². The van der Waals surface area contributed by atoms with E-state index in [2.05, 4.69) is 23.3 Å². The van der Waals surface area contributed by atoms with Crippen LogP contribution in [0.5, 0.6) is 0 Å². The smallest absolute Gasteiger partial charge is 0.115 e. The Morgan fingerprint density at radius 2 is 2.44 bits per heavy atom. The fraction of sp³-hybridized carbons (Fsp3) is 0.500. The molecule has 0 aromatic carbocycles. The third-order valence-corrected chi connectivity index (χ3v) is 3.23. The molecule has 1 atom stereocenters. The number of nitrogens with one attached hydrogen (secondary N) is 1. The first-order valence-electron chi connectivity index (χ1n) is 6.49. The van der Waals surface area contributed by atoms with E-state index in [1.54, 1.807) is 6.20 Å². The van der Waals surface area contributed by atoms with E-state index < -0.39 is 0 Å². The van der Waals surface area contributed by atoms with Gasteiger partial charge >= 0.3 is 0 Å². The highest BCUT2D eigenvalue weighted by atomic mass is 35.5. The molecule has 18 heavy (non-hydrogen) atoms. The van der Waals surface area contributed by atoms with Crippen LogP contribution in [0, 0.1) is 0 Å². The Morgan fingerprint density at radius 3 is 3.11 bits per heavy atom. The maximum absolute atomic E-state index is 6.23. The first-order valence-corrected chi connectivity index (χ1v) is 6.87. The molecule has 0 fully saturated rings. The van der Waals surface area contributed by atoms with Crippen LogP contribution in [0.3, 0.4) is 0 Å². The number of aromatic nitrogens is 1. The van der Waals surface area contributed by atoms with Crippen LogP contribution >= 0.6 is 11.6 Å². The molecule has 0 saturated carbocycles. The molecular weight excluding hydrogens is 248 g/mol. The normalized spacial score (nSPS) is 16.9. The molecule has 4 heteroatoms. The Hall–Kier alpha value is -1.06. The van der Waals surface area contributed by atoms with Gasteiger partial charge in [-0.25, -0.2) is 0 Å². The Kier molecular flexibility index (Phi) is 5.02. The highest BCUT2D eigenvalue weighted by Gasteiger charge is 2.22. The number of halogens is 1. The van der Waals surface area contributed by atoms with Crippen LogP contribution in [0.15, 0.2) is 30.2 Å². The van der Waals surface area contributed by atoms with Crippen molar-refractivity contribution in [1.82, 2.24) is 10.3 Å². The molecule has 0 radical (unpaired) electrons. The quantitative estimate of drug-likeness (QED) is 0.886. The summed E-state index contributed by atoms with van der Waals surface area (Å²) in [5.41, 5.74) is 0.848. The molecule has 1 aliphatic rings. The topological polar surface area (TPSA) is 34.1 Å². The zero-order chi connectivity index (χ0) is 12.8. The van der Waals surface area contributed by atoms with E-state index in [0.717, 1.165) is 43.9 Å². The molecule has 1 N–H and O–H groups in total. The molecule has 0 saturated heterocycles. The highest BCUT2D eigenvalue weighted by Crippen LogP contribution is 2.29. The third kappa shape index (κ3) is 3.24. The van der Waals surface area contributed by atoms with Gasteiger partial charge in [-0.1, -0.05) is 18.5 Å². The van der Waals surface area contributed by atoms with Crippen molar-refractivity contribution in [3.63, 3.8) is 0 Å². The average molecular weight is 267 g/mol. The lowest BCUT2D eigenvalue weighted by molar-refractivity contribution is 0.167. The molecule has 2 heterocycles. The monoisotopic (exact) mass is 266 g/mol. The van der Waals surface area contributed by atoms with Crippen LogP contribution in [0.1, 0.15) is 37.9 Å². The SMILES string of the molecule is CCCNC(C1=CCCCO1)c1ncccc1Cl. The number of allylic oxidation sites excluding steroid dienone is 1. The maximum atomic E-state index is 6.23. The Bertz CT molecular complexity index is 420. The van der Waals surface area contributed by atoms with Crippen LogP contribution in [-0.4, -0.2) is 18.1 Å². The molecule has 98 valence electrons. The molecule has 3 nitrogen and oxygen atoms in total. The predicted octanol–water partition coefficient (Wildman–Crippen LogP) is 3.47. The number of pyridine rings is 1.